The minimum Gasteiger partial charge on any atom is -0.790 e. The van der Waals surface area contributed by atoms with E-state index < -0.39 is 31.0 Å². The number of hydrogen-bond donors (Lipinski definition) is 0. The van der Waals surface area contributed by atoms with Gasteiger partial charge < -0.3 is 32.9 Å². The van der Waals surface area contributed by atoms with Crippen LogP contribution in [-0.4, -0.2) is 45.3 Å². The summed E-state index contributed by atoms with van der Waals surface area (Å²) < 4.78 is 56.1. The second kappa shape index (κ2) is 12.8. The summed E-state index contributed by atoms with van der Waals surface area (Å²) in [5.41, 5.74) is 1.79. The van der Waals surface area contributed by atoms with E-state index in [-0.39, 0.29) is 81.5 Å². The van der Waals surface area contributed by atoms with Crippen LogP contribution >= 0.6 is 7.82 Å². The molecule has 0 aliphatic rings. The Labute approximate surface area is 258 Å². The first-order valence-electron chi connectivity index (χ1n) is 10.3. The predicted octanol–water partition coefficient (Wildman–Crippen LogP) is -4.21. The predicted molar refractivity (Wildman–Crippen MR) is 126 cm³/mol. The van der Waals surface area contributed by atoms with Crippen LogP contribution < -0.4 is 82.7 Å². The Morgan fingerprint density at radius 1 is 0.973 bits per heavy atom. The molecule has 2 aromatic heterocycles. The molecule has 0 N–H and O–H groups in total. The average molecular weight is 565 g/mol. The van der Waals surface area contributed by atoms with Gasteiger partial charge in [-0.15, -0.1) is 0 Å². The van der Waals surface area contributed by atoms with Crippen LogP contribution in [0.3, 0.4) is 0 Å². The molecule has 0 atom stereocenters. The molecule has 0 amide bonds. The topological polar surface area (TPSA) is 146 Å². The summed E-state index contributed by atoms with van der Waals surface area (Å²) in [6.45, 7) is -1.19. The zero-order valence-corrected chi connectivity index (χ0v) is 26.8. The zero-order valence-electron chi connectivity index (χ0n) is 21.1. The summed E-state index contributed by atoms with van der Waals surface area (Å²) in [5, 5.41) is 1.60. The van der Waals surface area contributed by atoms with Crippen LogP contribution in [0.5, 0.6) is 11.8 Å². The molecule has 0 spiro atoms. The van der Waals surface area contributed by atoms with Crippen LogP contribution in [0.1, 0.15) is 0 Å². The third-order valence-corrected chi connectivity index (χ3v) is 7.81. The van der Waals surface area contributed by atoms with Gasteiger partial charge in [0, 0.05) is 34.9 Å². The normalized spacial score (nSPS) is 11.6. The Morgan fingerprint density at radius 2 is 1.65 bits per heavy atom. The number of anilines is 1. The molecule has 4 rings (SSSR count). The summed E-state index contributed by atoms with van der Waals surface area (Å²) in [6, 6.07) is 15.1. The maximum atomic E-state index is 13.8. The summed E-state index contributed by atoms with van der Waals surface area (Å²) >= 11 is 0. The van der Waals surface area contributed by atoms with Crippen molar-refractivity contribution in [2.45, 2.75) is 4.90 Å². The van der Waals surface area contributed by atoms with Gasteiger partial charge in [-0.05, 0) is 30.3 Å². The number of aromatic nitrogens is 2. The molecule has 37 heavy (non-hydrogen) atoms. The molecule has 0 aliphatic carbocycles. The standard InChI is InChI=1S/C22H24N3O8PS.2Na/c1-24-18-7-5-4-6-16(18)17-14-15(8-9-19(17)24)35(29,30)25(12-13-33-34(26,27)28)20-10-11-21(31-2)23-22(20)32-3;;/h4-11,14H,12-13H2,1-3H3,(H2,26,27,28);;/q;2*+1/p-2. The number of methoxy groups -OCH3 is 2. The minimum absolute atomic E-state index is 0. The number of phosphoric ester groups is 1. The fourth-order valence-electron chi connectivity index (χ4n) is 3.91. The largest absolute Gasteiger partial charge is 1.00 e. The van der Waals surface area contributed by atoms with E-state index in [0.717, 1.165) is 26.1 Å². The Hall–Kier alpha value is -1.15. The summed E-state index contributed by atoms with van der Waals surface area (Å²) in [5.74, 6) is 0.103. The smallest absolute Gasteiger partial charge is 0.790 e. The van der Waals surface area contributed by atoms with Gasteiger partial charge in [0.2, 0.25) is 11.8 Å². The second-order valence-electron chi connectivity index (χ2n) is 7.49. The number of fused-ring (bicyclic) bond motifs is 3. The van der Waals surface area contributed by atoms with Crippen molar-refractivity contribution in [3.8, 4) is 11.8 Å². The SMILES string of the molecule is COc1ccc(N(CCOP(=O)([O-])[O-])S(=O)(=O)c2ccc3c(c2)c2ccccc2n3C)c(OC)n1.[Na+].[Na+]. The van der Waals surface area contributed by atoms with Crippen molar-refractivity contribution in [2.75, 3.05) is 31.7 Å². The summed E-state index contributed by atoms with van der Waals surface area (Å²) in [4.78, 5) is 26.0. The van der Waals surface area contributed by atoms with Gasteiger partial charge in [0.05, 0.1) is 40.1 Å². The van der Waals surface area contributed by atoms with Gasteiger partial charge in [-0.3, -0.25) is 4.31 Å². The average Bonchev–Trinajstić information content (AvgIpc) is 3.12. The molecule has 0 unspecified atom stereocenters. The molecule has 2 heterocycles. The number of benzene rings is 2. The first kappa shape index (κ1) is 32.1. The van der Waals surface area contributed by atoms with Gasteiger partial charge in [0.1, 0.15) is 5.69 Å². The monoisotopic (exact) mass is 565 g/mol. The molecule has 11 nitrogen and oxygen atoms in total. The summed E-state index contributed by atoms with van der Waals surface area (Å²) in [7, 11) is -5.02. The Balaban J connectivity index is 0.00000241. The number of sulfonamides is 1. The molecule has 0 aliphatic heterocycles. The fraction of sp³-hybridized carbons (Fsp3) is 0.227. The minimum atomic E-state index is -5.32. The van der Waals surface area contributed by atoms with E-state index in [1.807, 2.05) is 35.9 Å². The molecule has 15 heteroatoms. The third kappa shape index (κ3) is 6.71. The van der Waals surface area contributed by atoms with Crippen molar-refractivity contribution < 1.29 is 95.9 Å². The molecule has 0 fully saturated rings. The maximum absolute atomic E-state index is 13.8. The number of para-hydroxylation sites is 1. The number of ether oxygens (including phenoxy) is 2. The van der Waals surface area contributed by atoms with Gasteiger partial charge in [0.25, 0.3) is 10.0 Å². The van der Waals surface area contributed by atoms with E-state index in [9.17, 15) is 22.8 Å². The van der Waals surface area contributed by atoms with E-state index in [4.69, 9.17) is 9.47 Å². The number of phosphoric acid groups is 1. The molecular formula is C22H22N3Na2O8PS. The molecule has 2 aromatic carbocycles. The van der Waals surface area contributed by atoms with Crippen LogP contribution in [0.4, 0.5) is 5.69 Å². The second-order valence-corrected chi connectivity index (χ2v) is 10.5. The molecule has 0 bridgehead atoms. The van der Waals surface area contributed by atoms with E-state index in [2.05, 4.69) is 9.51 Å². The van der Waals surface area contributed by atoms with Crippen molar-refractivity contribution in [3.05, 3.63) is 54.6 Å². The molecule has 0 radical (unpaired) electrons. The Kier molecular flexibility index (Phi) is 11.1. The van der Waals surface area contributed by atoms with E-state index in [1.54, 1.807) is 12.1 Å². The molecular weight excluding hydrogens is 543 g/mol. The van der Waals surface area contributed by atoms with Crippen LogP contribution in [0.25, 0.3) is 21.8 Å². The maximum Gasteiger partial charge on any atom is 1.00 e. The van der Waals surface area contributed by atoms with Crippen molar-refractivity contribution in [1.82, 2.24) is 9.55 Å². The number of rotatable bonds is 9. The first-order valence-corrected chi connectivity index (χ1v) is 13.2. The van der Waals surface area contributed by atoms with Crippen LogP contribution in [0.15, 0.2) is 59.5 Å². The molecule has 0 saturated carbocycles. The number of nitrogens with zero attached hydrogens (tertiary/aromatic N) is 3. The van der Waals surface area contributed by atoms with Gasteiger partial charge in [-0.1, -0.05) is 18.2 Å². The number of pyridine rings is 1. The van der Waals surface area contributed by atoms with Crippen molar-refractivity contribution in [1.29, 1.82) is 0 Å². The number of aryl methyl sites for hydroxylation is 1. The zero-order chi connectivity index (χ0) is 25.4. The van der Waals surface area contributed by atoms with Gasteiger partial charge in [-0.2, -0.15) is 4.98 Å². The molecule has 4 aromatic rings. The van der Waals surface area contributed by atoms with E-state index >= 15 is 0 Å². The van der Waals surface area contributed by atoms with Crippen LogP contribution in [0, 0.1) is 0 Å². The first-order chi connectivity index (χ1) is 16.6. The Morgan fingerprint density at radius 3 is 2.30 bits per heavy atom. The van der Waals surface area contributed by atoms with Gasteiger partial charge in [0.15, 0.2) is 0 Å². The Bertz CT molecular complexity index is 1560. The van der Waals surface area contributed by atoms with Gasteiger partial charge in [-0.25, -0.2) is 8.42 Å². The summed E-state index contributed by atoms with van der Waals surface area (Å²) in [6.07, 6.45) is 0. The molecule has 186 valence electrons. The number of hydrogen-bond acceptors (Lipinski definition) is 9. The van der Waals surface area contributed by atoms with E-state index in [1.165, 1.54) is 32.4 Å². The van der Waals surface area contributed by atoms with Crippen LogP contribution in [0.2, 0.25) is 0 Å². The van der Waals surface area contributed by atoms with Crippen molar-refractivity contribution >= 4 is 45.3 Å². The molecule has 0 saturated heterocycles. The van der Waals surface area contributed by atoms with Gasteiger partial charge >= 0.3 is 59.1 Å². The quantitative estimate of drug-likeness (QED) is 0.146. The van der Waals surface area contributed by atoms with Crippen molar-refractivity contribution in [3.63, 3.8) is 0 Å². The fourth-order valence-corrected chi connectivity index (χ4v) is 5.69. The van der Waals surface area contributed by atoms with E-state index in [0.29, 0.717) is 0 Å². The van der Waals surface area contributed by atoms with Crippen LogP contribution in [-0.2, 0) is 26.2 Å². The third-order valence-electron chi connectivity index (χ3n) is 5.50. The van der Waals surface area contributed by atoms with Crippen molar-refractivity contribution in [2.24, 2.45) is 7.05 Å².